The largest absolute Gasteiger partial charge is 0.480 e. The lowest BCUT2D eigenvalue weighted by molar-refractivity contribution is -0.137. The molecule has 0 fully saturated rings. The van der Waals surface area contributed by atoms with E-state index < -0.39 is 28.4 Å². The number of amides is 3. The number of urea groups is 1. The van der Waals surface area contributed by atoms with Crippen LogP contribution in [0.4, 0.5) is 4.79 Å². The first-order valence-corrected chi connectivity index (χ1v) is 6.14. The molecule has 2 unspecified atom stereocenters. The molecular weight excluding hydrogens is 244 g/mol. The third-order valence-corrected chi connectivity index (χ3v) is 3.69. The molecule has 6 nitrogen and oxygen atoms in total. The van der Waals surface area contributed by atoms with Crippen molar-refractivity contribution in [1.82, 2.24) is 10.6 Å². The fourth-order valence-corrected chi connectivity index (χ4v) is 2.11. The predicted octanol–water partition coefficient (Wildman–Crippen LogP) is 0.673. The standard InChI is InChI=1S/C10H18N2O4S/c1-5(2)7(9(14)15)17-6(3)8(13)12-10(16)11-4/h5-7H,1-4H3,(H,14,15)(H2,11,12,13,16). The minimum atomic E-state index is -0.954. The van der Waals surface area contributed by atoms with Crippen LogP contribution >= 0.6 is 11.8 Å². The van der Waals surface area contributed by atoms with Gasteiger partial charge in [0.2, 0.25) is 5.91 Å². The number of imide groups is 1. The normalized spacial score (nSPS) is 13.9. The van der Waals surface area contributed by atoms with Gasteiger partial charge in [-0.1, -0.05) is 13.8 Å². The lowest BCUT2D eigenvalue weighted by atomic mass is 10.1. The van der Waals surface area contributed by atoms with Gasteiger partial charge in [-0.2, -0.15) is 0 Å². The van der Waals surface area contributed by atoms with E-state index in [0.29, 0.717) is 0 Å². The van der Waals surface area contributed by atoms with Crippen molar-refractivity contribution >= 4 is 29.7 Å². The topological polar surface area (TPSA) is 95.5 Å². The van der Waals surface area contributed by atoms with Gasteiger partial charge in [-0.05, 0) is 12.8 Å². The lowest BCUT2D eigenvalue weighted by Gasteiger charge is -2.19. The minimum Gasteiger partial charge on any atom is -0.480 e. The first-order valence-electron chi connectivity index (χ1n) is 5.20. The number of hydrogen-bond acceptors (Lipinski definition) is 4. The van der Waals surface area contributed by atoms with Gasteiger partial charge in [-0.3, -0.25) is 14.9 Å². The van der Waals surface area contributed by atoms with E-state index >= 15 is 0 Å². The van der Waals surface area contributed by atoms with Gasteiger partial charge in [-0.25, -0.2) is 4.79 Å². The molecule has 0 rings (SSSR count). The van der Waals surface area contributed by atoms with E-state index in [-0.39, 0.29) is 5.92 Å². The van der Waals surface area contributed by atoms with Crippen molar-refractivity contribution in [1.29, 1.82) is 0 Å². The van der Waals surface area contributed by atoms with Crippen molar-refractivity contribution in [3.63, 3.8) is 0 Å². The second kappa shape index (κ2) is 7.16. The quantitative estimate of drug-likeness (QED) is 0.677. The molecule has 17 heavy (non-hydrogen) atoms. The molecule has 0 spiro atoms. The van der Waals surface area contributed by atoms with Crippen LogP contribution in [0.5, 0.6) is 0 Å². The van der Waals surface area contributed by atoms with Crippen molar-refractivity contribution in [3.05, 3.63) is 0 Å². The molecule has 0 aliphatic heterocycles. The summed E-state index contributed by atoms with van der Waals surface area (Å²) in [6, 6.07) is -0.598. The first-order chi connectivity index (χ1) is 7.79. The van der Waals surface area contributed by atoms with Gasteiger partial charge in [0.15, 0.2) is 0 Å². The van der Waals surface area contributed by atoms with Crippen molar-refractivity contribution in [2.45, 2.75) is 31.3 Å². The molecule has 0 aromatic carbocycles. The van der Waals surface area contributed by atoms with Crippen LogP contribution in [-0.4, -0.2) is 40.6 Å². The summed E-state index contributed by atoms with van der Waals surface area (Å²) in [7, 11) is 1.40. The number of carbonyl (C=O) groups is 3. The fourth-order valence-electron chi connectivity index (χ4n) is 1.06. The molecule has 0 aromatic rings. The number of carboxylic acids is 1. The third kappa shape index (κ3) is 5.58. The maximum absolute atomic E-state index is 11.5. The van der Waals surface area contributed by atoms with Gasteiger partial charge >= 0.3 is 12.0 Å². The number of hydrogen-bond donors (Lipinski definition) is 3. The third-order valence-electron chi connectivity index (χ3n) is 2.03. The molecule has 0 saturated heterocycles. The number of carbonyl (C=O) groups excluding carboxylic acids is 2. The van der Waals surface area contributed by atoms with Crippen LogP contribution in [0.2, 0.25) is 0 Å². The molecule has 0 aliphatic rings. The summed E-state index contributed by atoms with van der Waals surface area (Å²) in [6.45, 7) is 5.12. The van der Waals surface area contributed by atoms with E-state index in [1.807, 2.05) is 0 Å². The molecule has 0 saturated carbocycles. The number of rotatable bonds is 5. The molecular formula is C10H18N2O4S. The van der Waals surface area contributed by atoms with Crippen molar-refractivity contribution in [3.8, 4) is 0 Å². The zero-order valence-corrected chi connectivity index (χ0v) is 11.1. The van der Waals surface area contributed by atoms with Crippen LogP contribution in [0, 0.1) is 5.92 Å². The Bertz CT molecular complexity index is 307. The van der Waals surface area contributed by atoms with Crippen molar-refractivity contribution in [2.75, 3.05) is 7.05 Å². The smallest absolute Gasteiger partial charge is 0.321 e. The monoisotopic (exact) mass is 262 g/mol. The summed E-state index contributed by atoms with van der Waals surface area (Å²) >= 11 is 1.03. The highest BCUT2D eigenvalue weighted by Gasteiger charge is 2.27. The van der Waals surface area contributed by atoms with E-state index in [9.17, 15) is 14.4 Å². The molecule has 0 heterocycles. The van der Waals surface area contributed by atoms with Crippen LogP contribution in [-0.2, 0) is 9.59 Å². The Morgan fingerprint density at radius 3 is 2.06 bits per heavy atom. The van der Waals surface area contributed by atoms with Gasteiger partial charge < -0.3 is 10.4 Å². The number of aliphatic carboxylic acids is 1. The van der Waals surface area contributed by atoms with Crippen LogP contribution in [0.3, 0.4) is 0 Å². The molecule has 98 valence electrons. The highest BCUT2D eigenvalue weighted by Crippen LogP contribution is 2.24. The van der Waals surface area contributed by atoms with Crippen LogP contribution in [0.15, 0.2) is 0 Å². The van der Waals surface area contributed by atoms with Gasteiger partial charge in [0.1, 0.15) is 5.25 Å². The summed E-state index contributed by atoms with van der Waals surface area (Å²) in [5.41, 5.74) is 0. The Morgan fingerprint density at radius 2 is 1.71 bits per heavy atom. The van der Waals surface area contributed by atoms with E-state index in [2.05, 4.69) is 10.6 Å². The second-order valence-electron chi connectivity index (χ2n) is 3.85. The average Bonchev–Trinajstić information content (AvgIpc) is 2.23. The molecule has 3 N–H and O–H groups in total. The van der Waals surface area contributed by atoms with Gasteiger partial charge in [0.25, 0.3) is 0 Å². The average molecular weight is 262 g/mol. The Labute approximate surface area is 105 Å². The molecule has 0 aliphatic carbocycles. The highest BCUT2D eigenvalue weighted by atomic mass is 32.2. The maximum atomic E-state index is 11.5. The Kier molecular flexibility index (Phi) is 6.64. The summed E-state index contributed by atoms with van der Waals surface area (Å²) in [6.07, 6.45) is 0. The Balaban J connectivity index is 4.40. The zero-order valence-electron chi connectivity index (χ0n) is 10.3. The van der Waals surface area contributed by atoms with Gasteiger partial charge in [-0.15, -0.1) is 11.8 Å². The van der Waals surface area contributed by atoms with E-state index in [1.54, 1.807) is 20.8 Å². The summed E-state index contributed by atoms with van der Waals surface area (Å²) in [5.74, 6) is -1.54. The minimum absolute atomic E-state index is 0.0900. The van der Waals surface area contributed by atoms with Crippen LogP contribution < -0.4 is 10.6 Å². The number of carboxylic acid groups (broad SMARTS) is 1. The lowest BCUT2D eigenvalue weighted by Crippen LogP contribution is -2.42. The molecule has 7 heteroatoms. The fraction of sp³-hybridized carbons (Fsp3) is 0.700. The van der Waals surface area contributed by atoms with E-state index in [0.717, 1.165) is 11.8 Å². The van der Waals surface area contributed by atoms with Crippen LogP contribution in [0.25, 0.3) is 0 Å². The van der Waals surface area contributed by atoms with E-state index in [4.69, 9.17) is 5.11 Å². The van der Waals surface area contributed by atoms with Crippen molar-refractivity contribution < 1.29 is 19.5 Å². The molecule has 0 aromatic heterocycles. The number of nitrogens with one attached hydrogen (secondary N) is 2. The maximum Gasteiger partial charge on any atom is 0.321 e. The second-order valence-corrected chi connectivity index (χ2v) is 5.34. The predicted molar refractivity (Wildman–Crippen MR) is 65.9 cm³/mol. The summed E-state index contributed by atoms with van der Waals surface area (Å²) in [5, 5.41) is 12.1. The first kappa shape index (κ1) is 15.8. The Hall–Kier alpha value is -1.24. The summed E-state index contributed by atoms with van der Waals surface area (Å²) < 4.78 is 0. The van der Waals surface area contributed by atoms with Crippen molar-refractivity contribution in [2.24, 2.45) is 5.92 Å². The molecule has 0 bridgehead atoms. The molecule has 0 radical (unpaired) electrons. The zero-order chi connectivity index (χ0) is 13.6. The Morgan fingerprint density at radius 1 is 1.18 bits per heavy atom. The summed E-state index contributed by atoms with van der Waals surface area (Å²) in [4.78, 5) is 33.4. The SMILES string of the molecule is CNC(=O)NC(=O)C(C)SC(C(=O)O)C(C)C. The van der Waals surface area contributed by atoms with E-state index in [1.165, 1.54) is 7.05 Å². The molecule has 3 amide bonds. The highest BCUT2D eigenvalue weighted by molar-refractivity contribution is 8.01. The van der Waals surface area contributed by atoms with Gasteiger partial charge in [0.05, 0.1) is 5.25 Å². The molecule has 2 atom stereocenters. The van der Waals surface area contributed by atoms with Gasteiger partial charge in [0, 0.05) is 7.05 Å². The number of thioether (sulfide) groups is 1. The van der Waals surface area contributed by atoms with Crippen LogP contribution in [0.1, 0.15) is 20.8 Å².